The third-order valence-corrected chi connectivity index (χ3v) is 3.12. The zero-order valence-electron chi connectivity index (χ0n) is 11.9. The summed E-state index contributed by atoms with van der Waals surface area (Å²) in [6.07, 6.45) is 8.62. The molecule has 1 aromatic rings. The summed E-state index contributed by atoms with van der Waals surface area (Å²) in [5.41, 5.74) is 6.35. The molecule has 0 spiro atoms. The van der Waals surface area contributed by atoms with Crippen molar-refractivity contribution < 1.29 is 9.47 Å². The molecule has 110 valence electrons. The predicted molar refractivity (Wildman–Crippen MR) is 89.5 cm³/mol. The van der Waals surface area contributed by atoms with Gasteiger partial charge in [-0.15, -0.1) is 0 Å². The van der Waals surface area contributed by atoms with E-state index in [4.69, 9.17) is 27.4 Å². The van der Waals surface area contributed by atoms with Gasteiger partial charge in [0.1, 0.15) is 17.6 Å². The lowest BCUT2D eigenvalue weighted by Gasteiger charge is -2.11. The number of thiocarbonyl (C=S) groups is 1. The van der Waals surface area contributed by atoms with Crippen LogP contribution in [0.15, 0.2) is 47.6 Å². The first-order valence-electron chi connectivity index (χ1n) is 6.67. The molecule has 0 bridgehead atoms. The quantitative estimate of drug-likeness (QED) is 0.648. The SMILES string of the molecule is COc1ccccc1C1=CCC(C=N/C=C/CC(N)=S)O1. The molecule has 1 aliphatic heterocycles. The first kappa shape index (κ1) is 15.3. The number of hydrogen-bond donors (Lipinski definition) is 1. The average molecular weight is 302 g/mol. The van der Waals surface area contributed by atoms with Crippen LogP contribution in [0, 0.1) is 0 Å². The van der Waals surface area contributed by atoms with Crippen LogP contribution < -0.4 is 10.5 Å². The molecule has 0 saturated heterocycles. The maximum atomic E-state index is 5.87. The van der Waals surface area contributed by atoms with Crippen molar-refractivity contribution >= 4 is 29.2 Å². The molecular formula is C16H18N2O2S. The van der Waals surface area contributed by atoms with Crippen LogP contribution in [-0.2, 0) is 4.74 Å². The topological polar surface area (TPSA) is 56.8 Å². The van der Waals surface area contributed by atoms with Gasteiger partial charge in [0.2, 0.25) is 0 Å². The lowest BCUT2D eigenvalue weighted by atomic mass is 10.1. The van der Waals surface area contributed by atoms with Gasteiger partial charge in [0.05, 0.1) is 17.7 Å². The molecule has 1 atom stereocenters. The number of ether oxygens (including phenoxy) is 2. The van der Waals surface area contributed by atoms with Gasteiger partial charge in [-0.25, -0.2) is 0 Å². The Morgan fingerprint density at radius 1 is 1.52 bits per heavy atom. The van der Waals surface area contributed by atoms with Crippen molar-refractivity contribution in [2.45, 2.75) is 18.9 Å². The Morgan fingerprint density at radius 3 is 3.10 bits per heavy atom. The number of methoxy groups -OCH3 is 1. The van der Waals surface area contributed by atoms with Gasteiger partial charge < -0.3 is 15.2 Å². The van der Waals surface area contributed by atoms with Crippen molar-refractivity contribution in [3.63, 3.8) is 0 Å². The lowest BCUT2D eigenvalue weighted by molar-refractivity contribution is 0.257. The summed E-state index contributed by atoms with van der Waals surface area (Å²) in [7, 11) is 1.65. The highest BCUT2D eigenvalue weighted by atomic mass is 32.1. The minimum absolute atomic E-state index is 0.0561. The highest BCUT2D eigenvalue weighted by molar-refractivity contribution is 7.80. The summed E-state index contributed by atoms with van der Waals surface area (Å²) in [4.78, 5) is 4.64. The van der Waals surface area contributed by atoms with E-state index in [0.717, 1.165) is 23.5 Å². The van der Waals surface area contributed by atoms with Crippen molar-refractivity contribution in [3.8, 4) is 5.75 Å². The fourth-order valence-electron chi connectivity index (χ4n) is 1.97. The van der Waals surface area contributed by atoms with E-state index in [2.05, 4.69) is 4.99 Å². The molecule has 0 aromatic heterocycles. The third kappa shape index (κ3) is 4.43. The average Bonchev–Trinajstić information content (AvgIpc) is 2.95. The molecule has 0 amide bonds. The molecule has 0 saturated carbocycles. The summed E-state index contributed by atoms with van der Waals surface area (Å²) >= 11 is 4.78. The third-order valence-electron chi connectivity index (χ3n) is 2.95. The van der Waals surface area contributed by atoms with Crippen molar-refractivity contribution in [1.82, 2.24) is 0 Å². The largest absolute Gasteiger partial charge is 0.496 e. The van der Waals surface area contributed by atoms with E-state index in [0.29, 0.717) is 11.4 Å². The number of nitrogens with zero attached hydrogens (tertiary/aromatic N) is 1. The van der Waals surface area contributed by atoms with Gasteiger partial charge in [-0.05, 0) is 18.2 Å². The summed E-state index contributed by atoms with van der Waals surface area (Å²) in [6, 6.07) is 7.79. The molecule has 4 nitrogen and oxygen atoms in total. The normalized spacial score (nSPS) is 18.0. The Labute approximate surface area is 130 Å². The predicted octanol–water partition coefficient (Wildman–Crippen LogP) is 3.09. The number of nitrogens with two attached hydrogens (primary N) is 1. The molecule has 21 heavy (non-hydrogen) atoms. The first-order valence-corrected chi connectivity index (χ1v) is 7.08. The van der Waals surface area contributed by atoms with Crippen LogP contribution >= 0.6 is 12.2 Å². The van der Waals surface area contributed by atoms with Crippen LogP contribution in [0.2, 0.25) is 0 Å². The molecule has 1 unspecified atom stereocenters. The molecule has 2 rings (SSSR count). The van der Waals surface area contributed by atoms with Crippen LogP contribution in [-0.4, -0.2) is 24.4 Å². The first-order chi connectivity index (χ1) is 10.2. The zero-order chi connectivity index (χ0) is 15.1. The van der Waals surface area contributed by atoms with Gasteiger partial charge in [0.15, 0.2) is 0 Å². The Bertz CT molecular complexity index is 594. The number of hydrogen-bond acceptors (Lipinski definition) is 4. The zero-order valence-corrected chi connectivity index (χ0v) is 12.7. The second-order valence-electron chi connectivity index (χ2n) is 4.51. The number of para-hydroxylation sites is 1. The van der Waals surface area contributed by atoms with E-state index in [9.17, 15) is 0 Å². The van der Waals surface area contributed by atoms with Gasteiger partial charge in [-0.1, -0.05) is 30.4 Å². The van der Waals surface area contributed by atoms with Crippen molar-refractivity contribution in [2.24, 2.45) is 10.7 Å². The Morgan fingerprint density at radius 2 is 2.33 bits per heavy atom. The molecule has 5 heteroatoms. The van der Waals surface area contributed by atoms with E-state index in [1.165, 1.54) is 0 Å². The second-order valence-corrected chi connectivity index (χ2v) is 5.04. The number of rotatable bonds is 6. The monoisotopic (exact) mass is 302 g/mol. The maximum absolute atomic E-state index is 5.87. The van der Waals surface area contributed by atoms with E-state index < -0.39 is 0 Å². The highest BCUT2D eigenvalue weighted by Crippen LogP contribution is 2.31. The number of benzene rings is 1. The lowest BCUT2D eigenvalue weighted by Crippen LogP contribution is -2.07. The molecule has 1 aromatic carbocycles. The molecule has 0 fully saturated rings. The molecule has 0 radical (unpaired) electrons. The summed E-state index contributed by atoms with van der Waals surface area (Å²) in [5, 5.41) is 0. The molecule has 2 N–H and O–H groups in total. The van der Waals surface area contributed by atoms with Gasteiger partial charge >= 0.3 is 0 Å². The van der Waals surface area contributed by atoms with Crippen LogP contribution in [0.4, 0.5) is 0 Å². The fourth-order valence-corrected chi connectivity index (χ4v) is 2.07. The second kappa shape index (κ2) is 7.59. The highest BCUT2D eigenvalue weighted by Gasteiger charge is 2.19. The fraction of sp³-hybridized carbons (Fsp3) is 0.250. The molecule has 1 aliphatic rings. The summed E-state index contributed by atoms with van der Waals surface area (Å²) in [5.74, 6) is 1.63. The van der Waals surface area contributed by atoms with Crippen molar-refractivity contribution in [1.29, 1.82) is 0 Å². The summed E-state index contributed by atoms with van der Waals surface area (Å²) in [6.45, 7) is 0. The van der Waals surface area contributed by atoms with Gasteiger partial charge in [0, 0.05) is 25.3 Å². The minimum atomic E-state index is -0.0561. The van der Waals surface area contributed by atoms with Gasteiger partial charge in [-0.3, -0.25) is 4.99 Å². The van der Waals surface area contributed by atoms with Crippen LogP contribution in [0.5, 0.6) is 5.75 Å². The van der Waals surface area contributed by atoms with E-state index in [-0.39, 0.29) is 6.10 Å². The van der Waals surface area contributed by atoms with E-state index >= 15 is 0 Å². The van der Waals surface area contributed by atoms with Gasteiger partial charge in [0.25, 0.3) is 0 Å². The molecular weight excluding hydrogens is 284 g/mol. The molecule has 0 aliphatic carbocycles. The van der Waals surface area contributed by atoms with Crippen LogP contribution in [0.1, 0.15) is 18.4 Å². The maximum Gasteiger partial charge on any atom is 0.137 e. The standard InChI is InChI=1S/C16H18N2O2S/c1-19-14-6-3-2-5-13(14)15-9-8-12(20-15)11-18-10-4-7-16(17)21/h2-6,9-12H,7-8H2,1H3,(H2,17,21)/b10-4+,18-11?. The van der Waals surface area contributed by atoms with E-state index in [1.807, 2.05) is 36.4 Å². The minimum Gasteiger partial charge on any atom is -0.496 e. The van der Waals surface area contributed by atoms with Crippen LogP contribution in [0.25, 0.3) is 5.76 Å². The molecule has 1 heterocycles. The van der Waals surface area contributed by atoms with Crippen molar-refractivity contribution in [2.75, 3.05) is 7.11 Å². The Balaban J connectivity index is 1.92. The van der Waals surface area contributed by atoms with Crippen molar-refractivity contribution in [3.05, 3.63) is 48.2 Å². The smallest absolute Gasteiger partial charge is 0.137 e. The summed E-state index contributed by atoms with van der Waals surface area (Å²) < 4.78 is 11.2. The number of aliphatic imine (C=N–C) groups is 1. The Kier molecular flexibility index (Phi) is 5.51. The van der Waals surface area contributed by atoms with Crippen LogP contribution in [0.3, 0.4) is 0 Å². The Hall–Kier alpha value is -2.14. The van der Waals surface area contributed by atoms with E-state index in [1.54, 1.807) is 19.5 Å². The van der Waals surface area contributed by atoms with Gasteiger partial charge in [-0.2, -0.15) is 0 Å².